The molecular weight excluding hydrogens is 327 g/mol. The average molecular weight is 346 g/mol. The van der Waals surface area contributed by atoms with E-state index in [0.29, 0.717) is 18.7 Å². The first-order chi connectivity index (χ1) is 11.9. The maximum absolute atomic E-state index is 14.2. The lowest BCUT2D eigenvalue weighted by molar-refractivity contribution is -0.143. The summed E-state index contributed by atoms with van der Waals surface area (Å²) >= 11 is 0. The molecule has 2 unspecified atom stereocenters. The highest BCUT2D eigenvalue weighted by Crippen LogP contribution is 2.23. The summed E-state index contributed by atoms with van der Waals surface area (Å²) in [6.45, 7) is 2.54. The quantitative estimate of drug-likeness (QED) is 0.894. The number of likely N-dealkylation sites (tertiary alicyclic amines) is 1. The molecule has 25 heavy (non-hydrogen) atoms. The van der Waals surface area contributed by atoms with Crippen LogP contribution in [0.2, 0.25) is 0 Å². The van der Waals surface area contributed by atoms with Gasteiger partial charge in [0.25, 0.3) is 0 Å². The number of urea groups is 1. The first-order valence-electron chi connectivity index (χ1n) is 8.02. The number of hydrogen-bond donors (Lipinski definition) is 2. The van der Waals surface area contributed by atoms with Crippen LogP contribution < -0.4 is 5.32 Å². The molecule has 8 heteroatoms. The molecule has 1 aliphatic rings. The normalized spacial score (nSPS) is 20.3. The highest BCUT2D eigenvalue weighted by molar-refractivity contribution is 5.90. The number of hydrogen-bond acceptors (Lipinski definition) is 3. The van der Waals surface area contributed by atoms with Gasteiger partial charge in [-0.15, -0.1) is 0 Å². The summed E-state index contributed by atoms with van der Waals surface area (Å²) in [6.07, 6.45) is 3.72. The lowest BCUT2D eigenvalue weighted by atomic mass is 9.91. The number of aromatic nitrogens is 2. The molecule has 0 radical (unpaired) electrons. The molecule has 0 bridgehead atoms. The fraction of sp³-hybridized carbons (Fsp3) is 0.353. The van der Waals surface area contributed by atoms with Crippen molar-refractivity contribution in [2.24, 2.45) is 11.8 Å². The zero-order valence-electron chi connectivity index (χ0n) is 13.7. The number of benzene rings is 1. The van der Waals surface area contributed by atoms with E-state index in [1.165, 1.54) is 21.7 Å². The molecule has 0 aliphatic carbocycles. The lowest BCUT2D eigenvalue weighted by Gasteiger charge is -2.34. The Morgan fingerprint density at radius 1 is 1.36 bits per heavy atom. The van der Waals surface area contributed by atoms with E-state index in [0.717, 1.165) is 0 Å². The van der Waals surface area contributed by atoms with Crippen molar-refractivity contribution in [1.29, 1.82) is 0 Å². The Morgan fingerprint density at radius 3 is 2.80 bits per heavy atom. The van der Waals surface area contributed by atoms with Gasteiger partial charge in [-0.2, -0.15) is 5.10 Å². The third-order valence-electron chi connectivity index (χ3n) is 4.25. The zero-order chi connectivity index (χ0) is 18.0. The van der Waals surface area contributed by atoms with E-state index < -0.39 is 23.7 Å². The molecule has 2 atom stereocenters. The molecule has 3 rings (SSSR count). The van der Waals surface area contributed by atoms with Gasteiger partial charge in [0.05, 0.1) is 5.92 Å². The molecule has 0 spiro atoms. The Labute approximate surface area is 144 Å². The van der Waals surface area contributed by atoms with Gasteiger partial charge in [-0.05, 0) is 36.6 Å². The summed E-state index contributed by atoms with van der Waals surface area (Å²) in [6, 6.07) is 5.59. The van der Waals surface area contributed by atoms with Crippen LogP contribution in [-0.2, 0) is 4.79 Å². The highest BCUT2D eigenvalue weighted by Gasteiger charge is 2.31. The van der Waals surface area contributed by atoms with Crippen LogP contribution in [0, 0.1) is 17.7 Å². The molecule has 2 aromatic rings. The predicted octanol–water partition coefficient (Wildman–Crippen LogP) is 2.59. The van der Waals surface area contributed by atoms with Crippen LogP contribution in [-0.4, -0.2) is 44.9 Å². The van der Waals surface area contributed by atoms with Gasteiger partial charge in [0.15, 0.2) is 5.82 Å². The van der Waals surface area contributed by atoms with E-state index in [4.69, 9.17) is 0 Å². The van der Waals surface area contributed by atoms with E-state index in [1.807, 2.05) is 6.92 Å². The number of aliphatic carboxylic acids is 1. The number of nitrogens with one attached hydrogen (secondary N) is 1. The number of halogens is 1. The van der Waals surface area contributed by atoms with Crippen molar-refractivity contribution in [1.82, 2.24) is 14.7 Å². The number of carbonyl (C=O) groups excluding carboxylic acids is 1. The molecule has 1 aromatic carbocycles. The number of carbonyl (C=O) groups is 2. The number of rotatable bonds is 3. The van der Waals surface area contributed by atoms with Crippen LogP contribution in [0.1, 0.15) is 13.3 Å². The summed E-state index contributed by atoms with van der Waals surface area (Å²) in [5.74, 6) is -1.90. The monoisotopic (exact) mass is 346 g/mol. The molecule has 132 valence electrons. The van der Waals surface area contributed by atoms with Crippen LogP contribution in [0.15, 0.2) is 36.7 Å². The van der Waals surface area contributed by atoms with E-state index in [2.05, 4.69) is 10.4 Å². The molecule has 2 amide bonds. The second-order valence-corrected chi connectivity index (χ2v) is 6.33. The lowest BCUT2D eigenvalue weighted by Crippen LogP contribution is -2.47. The fourth-order valence-electron chi connectivity index (χ4n) is 3.08. The van der Waals surface area contributed by atoms with Crippen molar-refractivity contribution in [3.63, 3.8) is 0 Å². The zero-order valence-corrected chi connectivity index (χ0v) is 13.7. The molecular formula is C17H19FN4O3. The smallest absolute Gasteiger partial charge is 0.321 e. The average Bonchev–Trinajstić information content (AvgIpc) is 3.08. The maximum atomic E-state index is 14.2. The molecule has 1 fully saturated rings. The standard InChI is InChI=1S/C17H19FN4O3/c1-11-7-12(16(23)24)10-21(9-11)17(25)20-13-3-4-15(14(18)8-13)22-6-2-5-19-22/h2-6,8,11-12H,7,9-10H2,1H3,(H,20,25)(H,23,24). The van der Waals surface area contributed by atoms with Crippen molar-refractivity contribution in [2.75, 3.05) is 18.4 Å². The Hall–Kier alpha value is -2.90. The molecule has 1 aliphatic heterocycles. The van der Waals surface area contributed by atoms with Crippen molar-refractivity contribution in [3.05, 3.63) is 42.5 Å². The minimum atomic E-state index is -0.904. The number of nitrogens with zero attached hydrogens (tertiary/aromatic N) is 3. The topological polar surface area (TPSA) is 87.5 Å². The summed E-state index contributed by atoms with van der Waals surface area (Å²) in [4.78, 5) is 25.1. The van der Waals surface area contributed by atoms with Crippen molar-refractivity contribution < 1.29 is 19.1 Å². The van der Waals surface area contributed by atoms with Gasteiger partial charge in [0, 0.05) is 31.2 Å². The molecule has 2 N–H and O–H groups in total. The second kappa shape index (κ2) is 6.92. The first kappa shape index (κ1) is 16.9. The Kier molecular flexibility index (Phi) is 4.69. The van der Waals surface area contributed by atoms with Crippen LogP contribution in [0.3, 0.4) is 0 Å². The highest BCUT2D eigenvalue weighted by atomic mass is 19.1. The number of anilines is 1. The summed E-state index contributed by atoms with van der Waals surface area (Å²) in [5, 5.41) is 15.8. The van der Waals surface area contributed by atoms with Gasteiger partial charge >= 0.3 is 12.0 Å². The third kappa shape index (κ3) is 3.78. The van der Waals surface area contributed by atoms with Crippen LogP contribution in [0.4, 0.5) is 14.9 Å². The summed E-state index contributed by atoms with van der Waals surface area (Å²) in [7, 11) is 0. The maximum Gasteiger partial charge on any atom is 0.321 e. The Morgan fingerprint density at radius 2 is 2.16 bits per heavy atom. The SMILES string of the molecule is CC1CC(C(=O)O)CN(C(=O)Nc2ccc(-n3cccn3)c(F)c2)C1. The van der Waals surface area contributed by atoms with E-state index in [9.17, 15) is 19.1 Å². The third-order valence-corrected chi connectivity index (χ3v) is 4.25. The van der Waals surface area contributed by atoms with Crippen LogP contribution >= 0.6 is 0 Å². The number of piperidine rings is 1. The van der Waals surface area contributed by atoms with Crippen LogP contribution in [0.5, 0.6) is 0 Å². The van der Waals surface area contributed by atoms with Gasteiger partial charge in [-0.3, -0.25) is 4.79 Å². The summed E-state index contributed by atoms with van der Waals surface area (Å²) in [5.41, 5.74) is 0.587. The number of carboxylic acid groups (broad SMARTS) is 1. The van der Waals surface area contributed by atoms with Crippen molar-refractivity contribution in [3.8, 4) is 5.69 Å². The molecule has 0 saturated carbocycles. The van der Waals surface area contributed by atoms with Crippen molar-refractivity contribution in [2.45, 2.75) is 13.3 Å². The number of carboxylic acids is 1. The van der Waals surface area contributed by atoms with Gasteiger partial charge in [-0.1, -0.05) is 6.92 Å². The van der Waals surface area contributed by atoms with Crippen molar-refractivity contribution >= 4 is 17.7 Å². The largest absolute Gasteiger partial charge is 0.481 e. The van der Waals surface area contributed by atoms with E-state index in [-0.39, 0.29) is 18.2 Å². The Balaban J connectivity index is 1.70. The Bertz CT molecular complexity index is 778. The van der Waals surface area contributed by atoms with E-state index >= 15 is 0 Å². The molecule has 7 nitrogen and oxygen atoms in total. The summed E-state index contributed by atoms with van der Waals surface area (Å²) < 4.78 is 15.6. The minimum absolute atomic E-state index is 0.0968. The molecule has 2 heterocycles. The molecule has 1 aromatic heterocycles. The minimum Gasteiger partial charge on any atom is -0.481 e. The fourth-order valence-corrected chi connectivity index (χ4v) is 3.08. The molecule has 1 saturated heterocycles. The predicted molar refractivity (Wildman–Crippen MR) is 89.0 cm³/mol. The van der Waals surface area contributed by atoms with Gasteiger partial charge in [0.2, 0.25) is 0 Å². The number of amides is 2. The van der Waals surface area contributed by atoms with Gasteiger partial charge in [0.1, 0.15) is 5.69 Å². The van der Waals surface area contributed by atoms with Crippen LogP contribution in [0.25, 0.3) is 5.69 Å². The van der Waals surface area contributed by atoms with E-state index in [1.54, 1.807) is 24.5 Å². The van der Waals surface area contributed by atoms with Gasteiger partial charge < -0.3 is 15.3 Å². The first-order valence-corrected chi connectivity index (χ1v) is 8.02. The van der Waals surface area contributed by atoms with Gasteiger partial charge in [-0.25, -0.2) is 13.9 Å². The second-order valence-electron chi connectivity index (χ2n) is 6.33.